The largest absolute Gasteiger partial charge is 0.492 e. The first-order chi connectivity index (χ1) is 9.90. The molecule has 0 aliphatic heterocycles. The summed E-state index contributed by atoms with van der Waals surface area (Å²) < 4.78 is 5.69. The average molecular weight is 310 g/mol. The fourth-order valence-electron chi connectivity index (χ4n) is 3.22. The molecule has 1 aliphatic carbocycles. The predicted octanol–water partition coefficient (Wildman–Crippen LogP) is 5.76. The molecule has 21 heavy (non-hydrogen) atoms. The average Bonchev–Trinajstić information content (AvgIpc) is 2.42. The predicted molar refractivity (Wildman–Crippen MR) is 91.4 cm³/mol. The number of halogens is 1. The molecule has 0 saturated heterocycles. The highest BCUT2D eigenvalue weighted by Gasteiger charge is 2.29. The smallest absolute Gasteiger partial charge is 0.142 e. The van der Waals surface area contributed by atoms with Gasteiger partial charge in [0.05, 0.1) is 12.3 Å². The van der Waals surface area contributed by atoms with Gasteiger partial charge in [-0.15, -0.1) is 0 Å². The highest BCUT2D eigenvalue weighted by molar-refractivity contribution is 6.30. The minimum Gasteiger partial charge on any atom is -0.492 e. The maximum Gasteiger partial charge on any atom is 0.142 e. The van der Waals surface area contributed by atoms with Crippen LogP contribution in [-0.2, 0) is 0 Å². The van der Waals surface area contributed by atoms with E-state index in [9.17, 15) is 0 Å². The van der Waals surface area contributed by atoms with Gasteiger partial charge in [0.15, 0.2) is 0 Å². The highest BCUT2D eigenvalue weighted by atomic mass is 35.5. The van der Waals surface area contributed by atoms with E-state index in [1.165, 1.54) is 25.7 Å². The summed E-state index contributed by atoms with van der Waals surface area (Å²) in [6, 6.07) is 6.34. The minimum absolute atomic E-state index is 0.428. The lowest BCUT2D eigenvalue weighted by Gasteiger charge is -2.37. The van der Waals surface area contributed by atoms with Crippen molar-refractivity contribution < 1.29 is 4.74 Å². The first-order valence-corrected chi connectivity index (χ1v) is 8.47. The molecule has 3 heteroatoms. The second kappa shape index (κ2) is 6.91. The molecule has 1 saturated carbocycles. The van der Waals surface area contributed by atoms with Crippen LogP contribution in [0.4, 0.5) is 5.69 Å². The molecule has 0 amide bonds. The summed E-state index contributed by atoms with van der Waals surface area (Å²) >= 11 is 6.12. The molecule has 0 aromatic heterocycles. The van der Waals surface area contributed by atoms with E-state index >= 15 is 0 Å². The quantitative estimate of drug-likeness (QED) is 0.764. The maximum atomic E-state index is 6.12. The zero-order valence-electron chi connectivity index (χ0n) is 13.7. The molecule has 1 aliphatic rings. The van der Waals surface area contributed by atoms with Gasteiger partial charge in [-0.05, 0) is 62.1 Å². The van der Waals surface area contributed by atoms with Gasteiger partial charge in [0.2, 0.25) is 0 Å². The number of ether oxygens (including phenoxy) is 1. The molecule has 0 heterocycles. The van der Waals surface area contributed by atoms with Crippen LogP contribution in [0.25, 0.3) is 0 Å². The van der Waals surface area contributed by atoms with Gasteiger partial charge >= 0.3 is 0 Å². The van der Waals surface area contributed by atoms with E-state index in [4.69, 9.17) is 16.3 Å². The Bertz CT molecular complexity index is 459. The van der Waals surface area contributed by atoms with Gasteiger partial charge in [0.25, 0.3) is 0 Å². The Morgan fingerprint density at radius 3 is 2.43 bits per heavy atom. The zero-order chi connectivity index (χ0) is 15.5. The summed E-state index contributed by atoms with van der Waals surface area (Å²) in [6.45, 7) is 9.75. The molecule has 1 fully saturated rings. The first kappa shape index (κ1) is 16.5. The lowest BCUT2D eigenvalue weighted by atomic mass is 9.71. The van der Waals surface area contributed by atoms with Crippen LogP contribution < -0.4 is 10.1 Å². The van der Waals surface area contributed by atoms with Gasteiger partial charge in [-0.1, -0.05) is 32.4 Å². The Balaban J connectivity index is 1.99. The molecular formula is C18H28ClNO. The summed E-state index contributed by atoms with van der Waals surface area (Å²) in [5.41, 5.74) is 1.46. The molecule has 118 valence electrons. The fourth-order valence-corrected chi connectivity index (χ4v) is 3.39. The molecule has 2 rings (SSSR count). The number of nitrogens with one attached hydrogen (secondary N) is 1. The van der Waals surface area contributed by atoms with Crippen molar-refractivity contribution in [3.05, 3.63) is 23.2 Å². The molecular weight excluding hydrogens is 282 g/mol. The summed E-state index contributed by atoms with van der Waals surface area (Å²) in [5, 5.41) is 4.39. The fraction of sp³-hybridized carbons (Fsp3) is 0.667. The first-order valence-electron chi connectivity index (χ1n) is 8.09. The third-order valence-corrected chi connectivity index (χ3v) is 4.79. The van der Waals surface area contributed by atoms with E-state index in [-0.39, 0.29) is 0 Å². The molecule has 0 unspecified atom stereocenters. The number of anilines is 1. The van der Waals surface area contributed by atoms with Gasteiger partial charge in [-0.3, -0.25) is 0 Å². The molecule has 2 nitrogen and oxygen atoms in total. The van der Waals surface area contributed by atoms with Gasteiger partial charge in [-0.25, -0.2) is 0 Å². The van der Waals surface area contributed by atoms with Crippen LogP contribution in [0.15, 0.2) is 18.2 Å². The van der Waals surface area contributed by atoms with Crippen LogP contribution in [0.1, 0.15) is 53.4 Å². The van der Waals surface area contributed by atoms with E-state index in [2.05, 4.69) is 26.1 Å². The Morgan fingerprint density at radius 1 is 1.19 bits per heavy atom. The van der Waals surface area contributed by atoms with Crippen LogP contribution in [0.2, 0.25) is 5.02 Å². The van der Waals surface area contributed by atoms with Crippen molar-refractivity contribution in [1.82, 2.24) is 0 Å². The van der Waals surface area contributed by atoms with E-state index in [0.717, 1.165) is 22.4 Å². The van der Waals surface area contributed by atoms with Crippen LogP contribution in [0.5, 0.6) is 5.75 Å². The van der Waals surface area contributed by atoms with Crippen LogP contribution in [0, 0.1) is 11.3 Å². The van der Waals surface area contributed by atoms with Crippen molar-refractivity contribution in [3.63, 3.8) is 0 Å². The van der Waals surface area contributed by atoms with Crippen molar-refractivity contribution in [1.29, 1.82) is 0 Å². The summed E-state index contributed by atoms with van der Waals surface area (Å²) in [5.74, 6) is 1.74. The van der Waals surface area contributed by atoms with E-state index in [1.807, 2.05) is 25.1 Å². The van der Waals surface area contributed by atoms with E-state index < -0.39 is 0 Å². The Morgan fingerprint density at radius 2 is 1.86 bits per heavy atom. The number of rotatable bonds is 4. The molecule has 0 bridgehead atoms. The van der Waals surface area contributed by atoms with Crippen LogP contribution >= 0.6 is 11.6 Å². The second-order valence-electron chi connectivity index (χ2n) is 7.13. The van der Waals surface area contributed by atoms with Crippen molar-refractivity contribution >= 4 is 17.3 Å². The standard InChI is InChI=1S/C18H28ClNO/c1-5-21-17-11-8-14(19)12-16(17)20-15-9-6-13(7-10-15)18(2,3)4/h8,11-13,15,20H,5-7,9-10H2,1-4H3. The number of hydrogen-bond donors (Lipinski definition) is 1. The second-order valence-corrected chi connectivity index (χ2v) is 7.57. The lowest BCUT2D eigenvalue weighted by molar-refractivity contribution is 0.173. The third-order valence-electron chi connectivity index (χ3n) is 4.55. The topological polar surface area (TPSA) is 21.3 Å². The van der Waals surface area contributed by atoms with E-state index in [0.29, 0.717) is 18.1 Å². The van der Waals surface area contributed by atoms with E-state index in [1.54, 1.807) is 0 Å². The van der Waals surface area contributed by atoms with Crippen molar-refractivity contribution in [2.45, 2.75) is 59.4 Å². The molecule has 0 radical (unpaired) electrons. The third kappa shape index (κ3) is 4.54. The normalized spacial score (nSPS) is 22.9. The molecule has 1 aromatic rings. The molecule has 1 N–H and O–H groups in total. The van der Waals surface area contributed by atoms with Crippen LogP contribution in [0.3, 0.4) is 0 Å². The summed E-state index contributed by atoms with van der Waals surface area (Å²) in [7, 11) is 0. The van der Waals surface area contributed by atoms with Crippen molar-refractivity contribution in [2.75, 3.05) is 11.9 Å². The Hall–Kier alpha value is -0.890. The molecule has 0 spiro atoms. The SMILES string of the molecule is CCOc1ccc(Cl)cc1NC1CCC(C(C)(C)C)CC1. The molecule has 1 aromatic carbocycles. The monoisotopic (exact) mass is 309 g/mol. The van der Waals surface area contributed by atoms with Crippen molar-refractivity contribution in [2.24, 2.45) is 11.3 Å². The van der Waals surface area contributed by atoms with Crippen molar-refractivity contribution in [3.8, 4) is 5.75 Å². The van der Waals surface area contributed by atoms with Gasteiger partial charge in [0, 0.05) is 11.1 Å². The van der Waals surface area contributed by atoms with Gasteiger partial charge in [0.1, 0.15) is 5.75 Å². The Labute approximate surface area is 134 Å². The lowest BCUT2D eigenvalue weighted by Crippen LogP contribution is -2.31. The molecule has 0 atom stereocenters. The van der Waals surface area contributed by atoms with Crippen LogP contribution in [-0.4, -0.2) is 12.6 Å². The van der Waals surface area contributed by atoms with Gasteiger partial charge in [-0.2, -0.15) is 0 Å². The summed E-state index contributed by atoms with van der Waals surface area (Å²) in [6.07, 6.45) is 5.04. The number of hydrogen-bond acceptors (Lipinski definition) is 2. The van der Waals surface area contributed by atoms with Gasteiger partial charge < -0.3 is 10.1 Å². The number of benzene rings is 1. The highest BCUT2D eigenvalue weighted by Crippen LogP contribution is 2.39. The Kier molecular flexibility index (Phi) is 5.43. The summed E-state index contributed by atoms with van der Waals surface area (Å²) in [4.78, 5) is 0. The minimum atomic E-state index is 0.428. The zero-order valence-corrected chi connectivity index (χ0v) is 14.5. The maximum absolute atomic E-state index is 6.12.